The number of aliphatic carboxylic acids is 1. The molecule has 0 atom stereocenters. The maximum atomic E-state index is 11.7. The summed E-state index contributed by atoms with van der Waals surface area (Å²) in [5, 5.41) is 12.9. The highest BCUT2D eigenvalue weighted by Crippen LogP contribution is 2.30. The van der Waals surface area contributed by atoms with Crippen molar-refractivity contribution in [1.29, 1.82) is 0 Å². The van der Waals surface area contributed by atoms with Gasteiger partial charge < -0.3 is 14.4 Å². The fraction of sp³-hybridized carbons (Fsp3) is 0.324. The third kappa shape index (κ3) is 7.95. The van der Waals surface area contributed by atoms with Gasteiger partial charge in [0.25, 0.3) is 0 Å². The summed E-state index contributed by atoms with van der Waals surface area (Å²) in [5.41, 5.74) is 7.13. The molecule has 2 aromatic heterocycles. The summed E-state index contributed by atoms with van der Waals surface area (Å²) < 4.78 is 8.20. The first kappa shape index (κ1) is 30.6. The fourth-order valence-electron chi connectivity index (χ4n) is 5.96. The highest BCUT2D eigenvalue weighted by Gasteiger charge is 2.16. The maximum Gasteiger partial charge on any atom is 0.317 e. The summed E-state index contributed by atoms with van der Waals surface area (Å²) in [6.07, 6.45) is 6.99. The van der Waals surface area contributed by atoms with E-state index in [1.165, 1.54) is 36.6 Å². The summed E-state index contributed by atoms with van der Waals surface area (Å²) in [7, 11) is 2.03. The van der Waals surface area contributed by atoms with Crippen molar-refractivity contribution in [3.63, 3.8) is 0 Å². The number of hydrogen-bond donors (Lipinski definition) is 1. The van der Waals surface area contributed by atoms with Gasteiger partial charge in [-0.15, -0.1) is 11.3 Å². The molecular formula is C37H42N2O3S. The molecule has 0 aliphatic rings. The van der Waals surface area contributed by atoms with E-state index in [0.29, 0.717) is 25.6 Å². The minimum Gasteiger partial charge on any atom is -0.489 e. The number of carbonyl (C=O) groups is 1. The molecule has 0 bridgehead atoms. The van der Waals surface area contributed by atoms with E-state index in [9.17, 15) is 9.90 Å². The third-order valence-corrected chi connectivity index (χ3v) is 9.01. The van der Waals surface area contributed by atoms with Gasteiger partial charge in [0.2, 0.25) is 0 Å². The summed E-state index contributed by atoms with van der Waals surface area (Å²) >= 11 is 1.68. The lowest BCUT2D eigenvalue weighted by molar-refractivity contribution is -0.138. The summed E-state index contributed by atoms with van der Waals surface area (Å²) in [5.74, 6) is 0.720. The monoisotopic (exact) mass is 594 g/mol. The number of aromatic nitrogens is 1. The van der Waals surface area contributed by atoms with Gasteiger partial charge in [-0.1, -0.05) is 81.3 Å². The Hall–Kier alpha value is -3.87. The Morgan fingerprint density at radius 3 is 2.35 bits per heavy atom. The molecule has 0 saturated carbocycles. The average molecular weight is 595 g/mol. The van der Waals surface area contributed by atoms with Gasteiger partial charge in [-0.05, 0) is 76.2 Å². The van der Waals surface area contributed by atoms with Crippen LogP contribution in [0.5, 0.6) is 5.75 Å². The van der Waals surface area contributed by atoms with Crippen LogP contribution in [0.1, 0.15) is 67.0 Å². The second kappa shape index (κ2) is 14.5. The highest BCUT2D eigenvalue weighted by molar-refractivity contribution is 7.10. The van der Waals surface area contributed by atoms with Gasteiger partial charge >= 0.3 is 5.97 Å². The quantitative estimate of drug-likeness (QED) is 0.131. The van der Waals surface area contributed by atoms with Gasteiger partial charge in [-0.2, -0.15) is 0 Å². The SMILES string of the molecule is CCCC(CCC)c1ccc(OCc2ccc(-c3csc(CN(CC(=O)O)Cc4cn(C)c5ccccc45)c3)cc2)cc1. The predicted octanol–water partition coefficient (Wildman–Crippen LogP) is 9.26. The van der Waals surface area contributed by atoms with Crippen molar-refractivity contribution < 1.29 is 14.6 Å². The predicted molar refractivity (Wildman–Crippen MR) is 178 cm³/mol. The van der Waals surface area contributed by atoms with E-state index in [1.54, 1.807) is 11.3 Å². The van der Waals surface area contributed by atoms with Crippen molar-refractivity contribution in [2.24, 2.45) is 7.05 Å². The molecule has 6 heteroatoms. The minimum absolute atomic E-state index is 0.00800. The van der Waals surface area contributed by atoms with Crippen LogP contribution < -0.4 is 4.74 Å². The van der Waals surface area contributed by atoms with Crippen molar-refractivity contribution in [2.45, 2.75) is 65.1 Å². The van der Waals surface area contributed by atoms with E-state index in [-0.39, 0.29) is 6.54 Å². The Morgan fingerprint density at radius 1 is 0.930 bits per heavy atom. The van der Waals surface area contributed by atoms with E-state index in [2.05, 4.69) is 96.7 Å². The molecule has 0 aliphatic carbocycles. The lowest BCUT2D eigenvalue weighted by Gasteiger charge is -2.19. The topological polar surface area (TPSA) is 54.7 Å². The Bertz CT molecular complexity index is 1610. The number of ether oxygens (including phenoxy) is 1. The van der Waals surface area contributed by atoms with Crippen LogP contribution in [0.4, 0.5) is 0 Å². The molecule has 1 N–H and O–H groups in total. The Labute approximate surface area is 259 Å². The summed E-state index contributed by atoms with van der Waals surface area (Å²) in [4.78, 5) is 14.8. The van der Waals surface area contributed by atoms with Crippen LogP contribution >= 0.6 is 11.3 Å². The molecule has 43 heavy (non-hydrogen) atoms. The summed E-state index contributed by atoms with van der Waals surface area (Å²) in [6, 6.07) is 27.6. The third-order valence-electron chi connectivity index (χ3n) is 8.08. The Morgan fingerprint density at radius 2 is 1.65 bits per heavy atom. The van der Waals surface area contributed by atoms with Crippen LogP contribution in [0, 0.1) is 0 Å². The largest absolute Gasteiger partial charge is 0.489 e. The first-order valence-corrected chi connectivity index (χ1v) is 16.2. The fourth-order valence-corrected chi connectivity index (χ4v) is 6.89. The number of hydrogen-bond acceptors (Lipinski definition) is 4. The van der Waals surface area contributed by atoms with Crippen molar-refractivity contribution in [2.75, 3.05) is 6.54 Å². The zero-order valence-electron chi connectivity index (χ0n) is 25.5. The molecule has 0 spiro atoms. The van der Waals surface area contributed by atoms with Crippen molar-refractivity contribution in [1.82, 2.24) is 9.47 Å². The van der Waals surface area contributed by atoms with Gasteiger partial charge in [0, 0.05) is 42.1 Å². The molecule has 0 amide bonds. The van der Waals surface area contributed by atoms with E-state index in [0.717, 1.165) is 38.4 Å². The number of nitrogens with zero attached hydrogens (tertiary/aromatic N) is 2. The number of thiophene rings is 1. The molecule has 0 saturated heterocycles. The van der Waals surface area contributed by atoms with Crippen LogP contribution in [0.3, 0.4) is 0 Å². The lowest BCUT2D eigenvalue weighted by atomic mass is 9.90. The second-order valence-corrected chi connectivity index (χ2v) is 12.4. The second-order valence-electron chi connectivity index (χ2n) is 11.5. The maximum absolute atomic E-state index is 11.7. The normalized spacial score (nSPS) is 11.6. The molecule has 2 heterocycles. The number of aryl methyl sites for hydroxylation is 1. The van der Waals surface area contributed by atoms with Gasteiger partial charge in [-0.3, -0.25) is 9.69 Å². The van der Waals surface area contributed by atoms with Crippen LogP contribution in [-0.2, 0) is 31.5 Å². The number of rotatable bonds is 15. The van der Waals surface area contributed by atoms with Crippen LogP contribution in [-0.4, -0.2) is 27.1 Å². The Balaban J connectivity index is 1.19. The smallest absolute Gasteiger partial charge is 0.317 e. The molecule has 5 nitrogen and oxygen atoms in total. The number of carboxylic acid groups (broad SMARTS) is 1. The lowest BCUT2D eigenvalue weighted by Crippen LogP contribution is -2.28. The van der Waals surface area contributed by atoms with Gasteiger partial charge in [0.1, 0.15) is 12.4 Å². The molecule has 5 aromatic rings. The molecule has 0 aliphatic heterocycles. The van der Waals surface area contributed by atoms with E-state index >= 15 is 0 Å². The van der Waals surface area contributed by atoms with Crippen molar-refractivity contribution in [3.8, 4) is 16.9 Å². The summed E-state index contributed by atoms with van der Waals surface area (Å²) in [6.45, 7) is 6.20. The molecule has 3 aromatic carbocycles. The zero-order chi connectivity index (χ0) is 30.2. The molecule has 0 unspecified atom stereocenters. The Kier molecular flexibility index (Phi) is 10.3. The molecular weight excluding hydrogens is 552 g/mol. The number of fused-ring (bicyclic) bond motifs is 1. The van der Waals surface area contributed by atoms with Crippen molar-refractivity contribution in [3.05, 3.63) is 112 Å². The minimum atomic E-state index is -0.817. The molecule has 224 valence electrons. The van der Waals surface area contributed by atoms with Crippen LogP contribution in [0.25, 0.3) is 22.0 Å². The number of para-hydroxylation sites is 1. The number of carboxylic acids is 1. The van der Waals surface area contributed by atoms with Crippen LogP contribution in [0.15, 0.2) is 90.4 Å². The van der Waals surface area contributed by atoms with Gasteiger partial charge in [0.15, 0.2) is 0 Å². The van der Waals surface area contributed by atoms with Gasteiger partial charge in [0.05, 0.1) is 6.54 Å². The molecule has 5 rings (SSSR count). The molecule has 0 radical (unpaired) electrons. The molecule has 0 fully saturated rings. The van der Waals surface area contributed by atoms with Crippen LogP contribution in [0.2, 0.25) is 0 Å². The first-order valence-electron chi connectivity index (χ1n) is 15.3. The van der Waals surface area contributed by atoms with Crippen molar-refractivity contribution >= 4 is 28.2 Å². The highest BCUT2D eigenvalue weighted by atomic mass is 32.1. The van der Waals surface area contributed by atoms with Gasteiger partial charge in [-0.25, -0.2) is 0 Å². The number of benzene rings is 3. The zero-order valence-corrected chi connectivity index (χ0v) is 26.3. The van der Waals surface area contributed by atoms with E-state index in [1.807, 2.05) is 24.1 Å². The average Bonchev–Trinajstić information content (AvgIpc) is 3.60. The van der Waals surface area contributed by atoms with E-state index < -0.39 is 5.97 Å². The van der Waals surface area contributed by atoms with E-state index in [4.69, 9.17) is 4.74 Å². The standard InChI is InChI=1S/C37H42N2O3S/c1-4-8-28(9-5-2)29-16-18-33(19-17-29)42-25-27-12-14-30(15-13-27)31-20-34(43-26-31)23-39(24-37(40)41)22-32-21-38(3)36-11-7-6-10-35(32)36/h6-7,10-21,26,28H,4-5,8-9,22-25H2,1-3H3,(H,40,41). The first-order chi connectivity index (χ1) is 20.9.